The fourth-order valence-electron chi connectivity index (χ4n) is 3.25. The molecule has 116 valence electrons. The van der Waals surface area contributed by atoms with Gasteiger partial charge in [-0.25, -0.2) is 0 Å². The molecule has 1 saturated heterocycles. The minimum absolute atomic E-state index is 0.251. The van der Waals surface area contributed by atoms with Crippen LogP contribution in [0.4, 0.5) is 5.82 Å². The summed E-state index contributed by atoms with van der Waals surface area (Å²) >= 11 is 0. The Kier molecular flexibility index (Phi) is 4.24. The van der Waals surface area contributed by atoms with Crippen molar-refractivity contribution >= 4 is 11.8 Å². The van der Waals surface area contributed by atoms with Crippen molar-refractivity contribution in [1.82, 2.24) is 9.78 Å². The van der Waals surface area contributed by atoms with Gasteiger partial charge in [-0.15, -0.1) is 0 Å². The standard InChI is InChI=1S/C17H21N3O2/c1-13-15(17(21)22)16(19-11-7-2-3-8-12-19)20(18-13)14-9-5-4-6-10-14/h4-6,9-10H,2-3,7-8,11-12H2,1H3,(H,21,22). The van der Waals surface area contributed by atoms with Crippen LogP contribution in [0.15, 0.2) is 30.3 Å². The van der Waals surface area contributed by atoms with Gasteiger partial charge in [0.1, 0.15) is 5.56 Å². The number of para-hydroxylation sites is 1. The summed E-state index contributed by atoms with van der Waals surface area (Å²) in [6.45, 7) is 3.63. The Labute approximate surface area is 130 Å². The van der Waals surface area contributed by atoms with Crippen molar-refractivity contribution in [1.29, 1.82) is 0 Å². The summed E-state index contributed by atoms with van der Waals surface area (Å²) in [6, 6.07) is 9.72. The van der Waals surface area contributed by atoms with Crippen molar-refractivity contribution < 1.29 is 14.8 Å². The van der Waals surface area contributed by atoms with Gasteiger partial charge in [0.25, 0.3) is 0 Å². The lowest BCUT2D eigenvalue weighted by molar-refractivity contribution is -0.835. The van der Waals surface area contributed by atoms with E-state index in [0.29, 0.717) is 5.69 Å². The zero-order chi connectivity index (χ0) is 15.5. The molecular weight excluding hydrogens is 278 g/mol. The van der Waals surface area contributed by atoms with Crippen LogP contribution in [-0.4, -0.2) is 28.8 Å². The summed E-state index contributed by atoms with van der Waals surface area (Å²) in [5.41, 5.74) is 1.67. The number of quaternary nitrogens is 1. The molecular formula is C17H21N3O2. The van der Waals surface area contributed by atoms with E-state index in [1.165, 1.54) is 17.7 Å². The average molecular weight is 299 g/mol. The maximum absolute atomic E-state index is 11.6. The van der Waals surface area contributed by atoms with Crippen LogP contribution in [0, 0.1) is 6.92 Å². The molecule has 22 heavy (non-hydrogen) atoms. The highest BCUT2D eigenvalue weighted by Gasteiger charge is 2.27. The molecule has 1 aliphatic heterocycles. The molecule has 0 saturated carbocycles. The second kappa shape index (κ2) is 6.32. The zero-order valence-electron chi connectivity index (χ0n) is 12.8. The van der Waals surface area contributed by atoms with Crippen LogP contribution in [0.25, 0.3) is 5.69 Å². The smallest absolute Gasteiger partial charge is 0.238 e. The molecule has 1 aromatic heterocycles. The number of aromatic carboxylic acids is 1. The lowest BCUT2D eigenvalue weighted by Crippen LogP contribution is -3.07. The first-order valence-electron chi connectivity index (χ1n) is 7.90. The Balaban J connectivity index is 2.13. The van der Waals surface area contributed by atoms with Gasteiger partial charge in [-0.3, -0.25) is 4.90 Å². The molecule has 1 aliphatic rings. The summed E-state index contributed by atoms with van der Waals surface area (Å²) in [5.74, 6) is -0.392. The van der Waals surface area contributed by atoms with Gasteiger partial charge in [0, 0.05) is 0 Å². The lowest BCUT2D eigenvalue weighted by Gasteiger charge is -2.19. The van der Waals surface area contributed by atoms with Gasteiger partial charge < -0.3 is 9.90 Å². The van der Waals surface area contributed by atoms with E-state index in [2.05, 4.69) is 5.10 Å². The molecule has 1 fully saturated rings. The molecule has 0 atom stereocenters. The van der Waals surface area contributed by atoms with Crippen LogP contribution in [0.1, 0.15) is 41.7 Å². The predicted molar refractivity (Wildman–Crippen MR) is 81.5 cm³/mol. The normalized spacial score (nSPS) is 16.4. The van der Waals surface area contributed by atoms with Gasteiger partial charge in [-0.05, 0) is 44.7 Å². The molecule has 0 amide bonds. The van der Waals surface area contributed by atoms with Crippen LogP contribution < -0.4 is 10.0 Å². The van der Waals surface area contributed by atoms with Crippen LogP contribution in [-0.2, 0) is 0 Å². The van der Waals surface area contributed by atoms with E-state index in [9.17, 15) is 9.90 Å². The summed E-state index contributed by atoms with van der Waals surface area (Å²) in [6.07, 6.45) is 4.65. The number of hydrogen-bond acceptors (Lipinski definition) is 3. The quantitative estimate of drug-likeness (QED) is 0.904. The molecule has 2 heterocycles. The SMILES string of the molecule is Cc1nn(-c2ccccc2)c([NH+]2CCCCCC2)c1C(=O)[O-]. The molecule has 5 heteroatoms. The maximum Gasteiger partial charge on any atom is 0.238 e. The van der Waals surface area contributed by atoms with Crippen LogP contribution >= 0.6 is 0 Å². The second-order valence-electron chi connectivity index (χ2n) is 5.86. The first-order chi connectivity index (χ1) is 10.7. The highest BCUT2D eigenvalue weighted by Crippen LogP contribution is 2.20. The van der Waals surface area contributed by atoms with E-state index in [4.69, 9.17) is 0 Å². The molecule has 5 nitrogen and oxygen atoms in total. The topological polar surface area (TPSA) is 62.4 Å². The number of nitrogens with zero attached hydrogens (tertiary/aromatic N) is 2. The predicted octanol–water partition coefficient (Wildman–Crippen LogP) is 0.635. The summed E-state index contributed by atoms with van der Waals surface area (Å²) in [7, 11) is 0. The molecule has 0 unspecified atom stereocenters. The molecule has 0 aliphatic carbocycles. The largest absolute Gasteiger partial charge is 0.544 e. The van der Waals surface area contributed by atoms with E-state index in [-0.39, 0.29) is 5.56 Å². The van der Waals surface area contributed by atoms with Crippen molar-refractivity contribution in [2.75, 3.05) is 13.1 Å². The number of rotatable bonds is 3. The fraction of sp³-hybridized carbons (Fsp3) is 0.412. The second-order valence-corrected chi connectivity index (χ2v) is 5.86. The fourth-order valence-corrected chi connectivity index (χ4v) is 3.25. The first kappa shape index (κ1) is 14.8. The molecule has 2 aromatic rings. The molecule has 0 bridgehead atoms. The number of aromatic nitrogens is 2. The van der Waals surface area contributed by atoms with E-state index in [0.717, 1.165) is 37.4 Å². The highest BCUT2D eigenvalue weighted by atomic mass is 16.4. The Hall–Kier alpha value is -2.14. The Morgan fingerprint density at radius 3 is 2.36 bits per heavy atom. The van der Waals surface area contributed by atoms with Crippen molar-refractivity contribution in [3.8, 4) is 5.69 Å². The molecule has 3 rings (SSSR count). The number of aryl methyl sites for hydroxylation is 1. The minimum Gasteiger partial charge on any atom is -0.544 e. The Morgan fingerprint density at radius 2 is 1.77 bits per heavy atom. The highest BCUT2D eigenvalue weighted by molar-refractivity contribution is 5.91. The summed E-state index contributed by atoms with van der Waals surface area (Å²) in [5, 5.41) is 16.1. The van der Waals surface area contributed by atoms with Gasteiger partial charge in [-0.2, -0.15) is 9.78 Å². The third-order valence-corrected chi connectivity index (χ3v) is 4.31. The van der Waals surface area contributed by atoms with Crippen molar-refractivity contribution in [2.45, 2.75) is 32.6 Å². The molecule has 1 N–H and O–H groups in total. The van der Waals surface area contributed by atoms with Crippen LogP contribution in [0.3, 0.4) is 0 Å². The van der Waals surface area contributed by atoms with E-state index in [1.807, 2.05) is 30.3 Å². The van der Waals surface area contributed by atoms with Gasteiger partial charge in [-0.1, -0.05) is 18.2 Å². The third-order valence-electron chi connectivity index (χ3n) is 4.31. The summed E-state index contributed by atoms with van der Waals surface area (Å²) in [4.78, 5) is 12.8. The number of nitrogens with one attached hydrogen (secondary N) is 1. The average Bonchev–Trinajstić information content (AvgIpc) is 2.70. The van der Waals surface area contributed by atoms with Gasteiger partial charge in [0.15, 0.2) is 0 Å². The third kappa shape index (κ3) is 2.76. The molecule has 0 radical (unpaired) electrons. The monoisotopic (exact) mass is 299 g/mol. The molecule has 1 aromatic carbocycles. The number of hydrogen-bond donors (Lipinski definition) is 1. The van der Waals surface area contributed by atoms with E-state index >= 15 is 0 Å². The number of carbonyl (C=O) groups is 1. The van der Waals surface area contributed by atoms with Gasteiger partial charge in [0.05, 0.1) is 30.4 Å². The summed E-state index contributed by atoms with van der Waals surface area (Å²) < 4.78 is 1.78. The Bertz CT molecular complexity index is 656. The Morgan fingerprint density at radius 1 is 1.14 bits per heavy atom. The van der Waals surface area contributed by atoms with Crippen molar-refractivity contribution in [2.24, 2.45) is 0 Å². The van der Waals surface area contributed by atoms with E-state index < -0.39 is 5.97 Å². The number of carboxylic acids is 1. The lowest BCUT2D eigenvalue weighted by atomic mass is 10.2. The van der Waals surface area contributed by atoms with Crippen molar-refractivity contribution in [3.63, 3.8) is 0 Å². The van der Waals surface area contributed by atoms with E-state index in [1.54, 1.807) is 11.6 Å². The van der Waals surface area contributed by atoms with Crippen molar-refractivity contribution in [3.05, 3.63) is 41.6 Å². The maximum atomic E-state index is 11.6. The minimum atomic E-state index is -1.13. The number of benzene rings is 1. The van der Waals surface area contributed by atoms with Gasteiger partial charge in [0.2, 0.25) is 5.82 Å². The molecule has 0 spiro atoms. The zero-order valence-corrected chi connectivity index (χ0v) is 12.8. The van der Waals surface area contributed by atoms with Crippen LogP contribution in [0.5, 0.6) is 0 Å². The van der Waals surface area contributed by atoms with Crippen LogP contribution in [0.2, 0.25) is 0 Å². The first-order valence-corrected chi connectivity index (χ1v) is 7.90. The van der Waals surface area contributed by atoms with Gasteiger partial charge >= 0.3 is 0 Å². The number of carbonyl (C=O) groups excluding carboxylic acids is 1. The number of carboxylic acid groups (broad SMARTS) is 1.